The van der Waals surface area contributed by atoms with E-state index in [0.29, 0.717) is 53.4 Å². The van der Waals surface area contributed by atoms with Crippen molar-refractivity contribution in [1.29, 1.82) is 0 Å². The van der Waals surface area contributed by atoms with Gasteiger partial charge in [-0.15, -0.1) is 0 Å². The number of urea groups is 1. The second-order valence-electron chi connectivity index (χ2n) is 17.6. The van der Waals surface area contributed by atoms with Crippen molar-refractivity contribution in [3.63, 3.8) is 0 Å². The van der Waals surface area contributed by atoms with Gasteiger partial charge in [0.1, 0.15) is 11.8 Å². The maximum absolute atomic E-state index is 13.0. The van der Waals surface area contributed by atoms with Crippen LogP contribution in [0, 0.1) is 5.92 Å². The zero-order chi connectivity index (χ0) is 64.0. The van der Waals surface area contributed by atoms with Crippen LogP contribution < -0.4 is 43.4 Å². The van der Waals surface area contributed by atoms with Crippen molar-refractivity contribution < 1.29 is 68.4 Å². The quantitative estimate of drug-likeness (QED) is 0.0333. The number of anilines is 3. The summed E-state index contributed by atoms with van der Waals surface area (Å²) < 4.78 is 0. The van der Waals surface area contributed by atoms with Gasteiger partial charge in [-0.05, 0) is 111 Å². The molecular weight excluding hydrogens is 1060 g/mol. The number of benzene rings is 3. The highest BCUT2D eigenvalue weighted by atomic mass is 16.4. The first-order chi connectivity index (χ1) is 38.8. The lowest BCUT2D eigenvalue weighted by molar-refractivity contribution is -0.140. The third-order valence-electron chi connectivity index (χ3n) is 10.2. The molecule has 0 aliphatic heterocycles. The van der Waals surface area contributed by atoms with Crippen molar-refractivity contribution in [3.8, 4) is 0 Å². The van der Waals surface area contributed by atoms with E-state index in [4.69, 9.17) is 21.1 Å². The Labute approximate surface area is 486 Å². The van der Waals surface area contributed by atoms with E-state index in [0.717, 1.165) is 24.8 Å². The van der Waals surface area contributed by atoms with Gasteiger partial charge in [-0.3, -0.25) is 33.6 Å². The molecule has 3 aromatic rings. The van der Waals surface area contributed by atoms with E-state index in [-0.39, 0.29) is 80.8 Å². The van der Waals surface area contributed by atoms with E-state index in [1.807, 2.05) is 39.8 Å². The predicted octanol–water partition coefficient (Wildman–Crippen LogP) is 9.57. The van der Waals surface area contributed by atoms with E-state index in [9.17, 15) is 53.1 Å². The summed E-state index contributed by atoms with van der Waals surface area (Å²) >= 11 is 0. The van der Waals surface area contributed by atoms with Crippen LogP contribution in [-0.2, 0) is 51.2 Å². The minimum absolute atomic E-state index is 0.00463. The fourth-order valence-corrected chi connectivity index (χ4v) is 6.11. The fraction of sp³-hybridized carbons (Fsp3) is 0.500. The minimum Gasteiger partial charge on any atom is -0.481 e. The molecule has 22 heteroatoms. The van der Waals surface area contributed by atoms with E-state index in [1.54, 1.807) is 74.6 Å². The Balaban J connectivity index is -0.000000470. The number of carbonyl (C=O) groups excluding carboxylic acids is 6. The van der Waals surface area contributed by atoms with Crippen LogP contribution >= 0.6 is 0 Å². The molecule has 0 heterocycles. The summed E-state index contributed by atoms with van der Waals surface area (Å²) in [5.74, 6) is -3.99. The molecule has 3 unspecified atom stereocenters. The number of nitrogens with two attached hydrogens (primary N) is 2. The Morgan fingerprint density at radius 2 is 1.00 bits per heavy atom. The summed E-state index contributed by atoms with van der Waals surface area (Å²) in [4.78, 5) is 112. The largest absolute Gasteiger partial charge is 0.481 e. The predicted molar refractivity (Wildman–Crippen MR) is 325 cm³/mol. The van der Waals surface area contributed by atoms with E-state index >= 15 is 0 Å². The van der Waals surface area contributed by atoms with Crippen LogP contribution in [0.1, 0.15) is 174 Å². The number of carboxylic acid groups (broad SMARTS) is 4. The Hall–Kier alpha value is -8.30. The molecule has 3 rings (SSSR count). The molecule has 3 atom stereocenters. The Morgan fingerprint density at radius 1 is 0.585 bits per heavy atom. The van der Waals surface area contributed by atoms with Crippen molar-refractivity contribution in [2.75, 3.05) is 30.5 Å². The number of aliphatic carboxylic acids is 4. The van der Waals surface area contributed by atoms with Crippen molar-refractivity contribution in [3.05, 3.63) is 102 Å². The smallest absolute Gasteiger partial charge is 0.326 e. The molecule has 0 aliphatic carbocycles. The third-order valence-corrected chi connectivity index (χ3v) is 10.2. The minimum atomic E-state index is -1.18. The first kappa shape index (κ1) is 82.5. The van der Waals surface area contributed by atoms with Gasteiger partial charge in [0.05, 0.1) is 0 Å². The molecule has 3 aromatic carbocycles. The monoisotopic (exact) mass is 1150 g/mol. The van der Waals surface area contributed by atoms with Gasteiger partial charge in [0.15, 0.2) is 0 Å². The Kier molecular flexibility index (Phi) is 55.0. The highest BCUT2D eigenvalue weighted by molar-refractivity contribution is 5.95. The first-order valence-electron chi connectivity index (χ1n) is 27.6. The van der Waals surface area contributed by atoms with Gasteiger partial charge in [-0.25, -0.2) is 9.59 Å². The number of ketones is 1. The van der Waals surface area contributed by atoms with Crippen molar-refractivity contribution in [2.24, 2.45) is 11.7 Å². The van der Waals surface area contributed by atoms with Gasteiger partial charge in [0, 0.05) is 94.6 Å². The first-order valence-corrected chi connectivity index (χ1v) is 27.6. The summed E-state index contributed by atoms with van der Waals surface area (Å²) in [7, 11) is 2.99. The molecule has 0 spiro atoms. The van der Waals surface area contributed by atoms with E-state index < -0.39 is 42.0 Å². The van der Waals surface area contributed by atoms with Crippen LogP contribution in [-0.4, -0.2) is 106 Å². The number of hydrogen-bond acceptors (Lipinski definition) is 12. The van der Waals surface area contributed by atoms with Gasteiger partial charge in [-0.2, -0.15) is 0 Å². The van der Waals surface area contributed by atoms with Crippen LogP contribution in [0.3, 0.4) is 0 Å². The molecule has 14 N–H and O–H groups in total. The molecule has 0 aliphatic rings. The second-order valence-corrected chi connectivity index (χ2v) is 17.6. The molecule has 0 saturated carbocycles. The van der Waals surface area contributed by atoms with Gasteiger partial charge in [0.25, 0.3) is 5.91 Å². The highest BCUT2D eigenvalue weighted by Gasteiger charge is 2.21. The maximum Gasteiger partial charge on any atom is 0.326 e. The molecule has 0 fully saturated rings. The number of amides is 6. The Morgan fingerprint density at radius 3 is 1.35 bits per heavy atom. The van der Waals surface area contributed by atoms with Gasteiger partial charge >= 0.3 is 29.9 Å². The number of aryl methyl sites for hydroxylation is 1. The molecule has 462 valence electrons. The van der Waals surface area contributed by atoms with Crippen molar-refractivity contribution >= 4 is 76.4 Å². The molecule has 82 heavy (non-hydrogen) atoms. The fourth-order valence-electron chi connectivity index (χ4n) is 6.11. The number of hydrogen-bond donors (Lipinski definition) is 12. The summed E-state index contributed by atoms with van der Waals surface area (Å²) in [5.41, 5.74) is 14.0. The zero-order valence-electron chi connectivity index (χ0n) is 50.6. The van der Waals surface area contributed by atoms with Crippen LogP contribution in [0.4, 0.5) is 21.9 Å². The number of rotatable bonds is 26. The lowest BCUT2D eigenvalue weighted by atomic mass is 10.0. The lowest BCUT2D eigenvalue weighted by Crippen LogP contribution is -2.46. The van der Waals surface area contributed by atoms with Crippen LogP contribution in [0.2, 0.25) is 0 Å². The number of carbonyl (C=O) groups is 10. The van der Waals surface area contributed by atoms with Gasteiger partial charge < -0.3 is 68.6 Å². The number of nitrogens with one attached hydrogen (secondary N) is 6. The van der Waals surface area contributed by atoms with Crippen molar-refractivity contribution in [1.82, 2.24) is 21.3 Å². The molecule has 0 bridgehead atoms. The zero-order valence-corrected chi connectivity index (χ0v) is 50.6. The molecule has 0 radical (unpaired) electrons. The number of nitrogen functional groups attached to an aromatic ring is 1. The lowest BCUT2D eigenvalue weighted by Gasteiger charge is -2.19. The summed E-state index contributed by atoms with van der Waals surface area (Å²) in [6.45, 7) is 22.6. The van der Waals surface area contributed by atoms with Crippen molar-refractivity contribution in [2.45, 2.75) is 178 Å². The third kappa shape index (κ3) is 52.4. The van der Waals surface area contributed by atoms with Crippen LogP contribution in [0.15, 0.2) is 85.6 Å². The average molecular weight is 1160 g/mol. The topological polar surface area (TPSA) is 376 Å². The van der Waals surface area contributed by atoms with Gasteiger partial charge in [0.2, 0.25) is 17.7 Å². The second kappa shape index (κ2) is 54.6. The summed E-state index contributed by atoms with van der Waals surface area (Å²) in [6.07, 6.45) is 7.84. The van der Waals surface area contributed by atoms with Crippen LogP contribution in [0.5, 0.6) is 0 Å². The van der Waals surface area contributed by atoms with E-state index in [2.05, 4.69) is 71.9 Å². The summed E-state index contributed by atoms with van der Waals surface area (Å²) in [6, 6.07) is 18.0. The highest BCUT2D eigenvalue weighted by Crippen LogP contribution is 2.17. The Bertz CT molecular complexity index is 2250. The molecule has 22 nitrogen and oxygen atoms in total. The maximum atomic E-state index is 13.0. The van der Waals surface area contributed by atoms with Crippen LogP contribution in [0.25, 0.3) is 0 Å². The van der Waals surface area contributed by atoms with E-state index in [1.165, 1.54) is 26.6 Å². The SMILES string of the molecule is C=CN.CC.CC.CCC.CCCC(C)CCC(=O)O.CNC(=O)NC(Cc1ccc(NC(=O)CCC(CCC(=O)Nc2ccc(CCC(C)=O)cc2)NC(=O)c2ccc(N)cc2)cc1)C(=O)O.CNC(C)=O.O=C(O)CCCC(=O)O. The molecule has 6 amide bonds. The molecule has 0 saturated heterocycles. The number of Topliss-reactive ketones (excluding diaryl/α,β-unsaturated/α-hetero) is 1. The molecule has 0 aromatic heterocycles. The summed E-state index contributed by atoms with van der Waals surface area (Å²) in [5, 5.41) is 49.4. The average Bonchev–Trinajstić information content (AvgIpc) is 3.43. The van der Waals surface area contributed by atoms with Gasteiger partial charge in [-0.1, -0.05) is 105 Å². The number of carboxylic acids is 4. The standard InChI is InChI=1S/C35H42N6O7.C8H16O2.C5H8O4.C3H7NO.C3H8.C2H5N.2C2H6/c1-22(42)3-4-23-5-13-27(14-6-23)38-31(43)19-17-29(40-33(45)25-9-11-26(36)12-10-25)18-20-32(44)39-28-15-7-24(8-16-28)21-30(34(46)47)41-35(48)37-2;1-3-4-7(2)5-6-8(9)10;6-4(7)2-1-3-5(8)9;1-3(5)4-2;1-3-2;1-2-3;2*1-2/h5-16,29-30H,3-4,17-21,36H2,1-2H3,(H,38,43)(H,39,44)(H,40,45)(H,46,47)(H2,37,41,48);7H,3-6H2,1-2H3,(H,9,10);1-3H2,(H,6,7)(H,8,9);1-2H3,(H,4,5);3H2,1-2H3;2H,1,3H2;2*1-2H3. The normalized spacial score (nSPS) is 10.4. The molecular formula is C60H98N8O14.